The fourth-order valence-electron chi connectivity index (χ4n) is 3.85. The Morgan fingerprint density at radius 1 is 1.26 bits per heavy atom. The molecule has 0 radical (unpaired) electrons. The summed E-state index contributed by atoms with van der Waals surface area (Å²) in [6, 6.07) is 1.91. The lowest BCUT2D eigenvalue weighted by molar-refractivity contribution is -0.145. The molecule has 1 aliphatic carbocycles. The van der Waals surface area contributed by atoms with Crippen molar-refractivity contribution in [2.24, 2.45) is 5.92 Å². The van der Waals surface area contributed by atoms with Gasteiger partial charge in [-0.2, -0.15) is 0 Å². The van der Waals surface area contributed by atoms with Gasteiger partial charge in [-0.1, -0.05) is 12.8 Å². The van der Waals surface area contributed by atoms with Crippen LogP contribution in [0.4, 0.5) is 5.95 Å². The predicted molar refractivity (Wildman–Crippen MR) is 86.1 cm³/mol. The maximum Gasteiger partial charge on any atom is 0.328 e. The van der Waals surface area contributed by atoms with Crippen molar-refractivity contribution in [3.63, 3.8) is 0 Å². The van der Waals surface area contributed by atoms with E-state index in [9.17, 15) is 4.79 Å². The monoisotopic (exact) mass is 319 g/mol. The van der Waals surface area contributed by atoms with Crippen molar-refractivity contribution in [1.29, 1.82) is 0 Å². The van der Waals surface area contributed by atoms with Gasteiger partial charge >= 0.3 is 5.97 Å². The first-order chi connectivity index (χ1) is 11.3. The van der Waals surface area contributed by atoms with Crippen LogP contribution in [-0.4, -0.2) is 48.3 Å². The predicted octanol–water partition coefficient (Wildman–Crippen LogP) is 2.19. The molecule has 6 heteroatoms. The molecule has 2 fully saturated rings. The number of hydrogen-bond donors (Lipinski definition) is 0. The van der Waals surface area contributed by atoms with Crippen molar-refractivity contribution in [3.8, 4) is 0 Å². The smallest absolute Gasteiger partial charge is 0.328 e. The molecule has 1 aliphatic heterocycles. The third-order valence-corrected chi connectivity index (χ3v) is 4.88. The molecule has 6 nitrogen and oxygen atoms in total. The first-order valence-electron chi connectivity index (χ1n) is 8.52. The second-order valence-corrected chi connectivity index (χ2v) is 6.33. The SMILES string of the molecule is COCCCOC(=O)[C@@H]1C[C@H]2CCCC[C@H]2N1c1ncccn1. The molecule has 0 spiro atoms. The number of aromatic nitrogens is 2. The van der Waals surface area contributed by atoms with Crippen LogP contribution in [0.25, 0.3) is 0 Å². The molecule has 0 bridgehead atoms. The fourth-order valence-corrected chi connectivity index (χ4v) is 3.85. The van der Waals surface area contributed by atoms with Crippen LogP contribution in [0, 0.1) is 5.92 Å². The second-order valence-electron chi connectivity index (χ2n) is 6.33. The van der Waals surface area contributed by atoms with Gasteiger partial charge in [0, 0.05) is 38.6 Å². The van der Waals surface area contributed by atoms with E-state index in [2.05, 4.69) is 14.9 Å². The number of ether oxygens (including phenoxy) is 2. The molecule has 23 heavy (non-hydrogen) atoms. The highest BCUT2D eigenvalue weighted by molar-refractivity contribution is 5.80. The number of rotatable bonds is 6. The van der Waals surface area contributed by atoms with Gasteiger partial charge in [-0.05, 0) is 31.2 Å². The Morgan fingerprint density at radius 3 is 2.83 bits per heavy atom. The Kier molecular flexibility index (Phi) is 5.43. The number of methoxy groups -OCH3 is 1. The summed E-state index contributed by atoms with van der Waals surface area (Å²) in [6.45, 7) is 1.01. The van der Waals surface area contributed by atoms with E-state index in [0.29, 0.717) is 31.1 Å². The molecule has 3 rings (SSSR count). The van der Waals surface area contributed by atoms with Gasteiger partial charge in [0.1, 0.15) is 6.04 Å². The lowest BCUT2D eigenvalue weighted by atomic mass is 9.85. The van der Waals surface area contributed by atoms with Crippen LogP contribution in [0.2, 0.25) is 0 Å². The third kappa shape index (κ3) is 3.63. The molecule has 0 amide bonds. The Morgan fingerprint density at radius 2 is 2.04 bits per heavy atom. The van der Waals surface area contributed by atoms with Gasteiger partial charge in [0.15, 0.2) is 0 Å². The number of carbonyl (C=O) groups is 1. The van der Waals surface area contributed by atoms with Crippen LogP contribution >= 0.6 is 0 Å². The standard InChI is InChI=1S/C17H25N3O3/c1-22-10-5-11-23-16(21)15-12-13-6-2-3-7-14(13)20(15)17-18-8-4-9-19-17/h4,8-9,13-15H,2-3,5-7,10-12H2,1H3/t13-,14-,15+/m1/s1. The van der Waals surface area contributed by atoms with Gasteiger partial charge in [-0.3, -0.25) is 0 Å². The van der Waals surface area contributed by atoms with E-state index < -0.39 is 0 Å². The van der Waals surface area contributed by atoms with E-state index in [1.807, 2.05) is 0 Å². The van der Waals surface area contributed by atoms with Crippen LogP contribution in [-0.2, 0) is 14.3 Å². The van der Waals surface area contributed by atoms with Crippen LogP contribution in [0.15, 0.2) is 18.5 Å². The van der Waals surface area contributed by atoms with Crippen LogP contribution in [0.3, 0.4) is 0 Å². The van der Waals surface area contributed by atoms with Crippen LogP contribution in [0.1, 0.15) is 38.5 Å². The minimum Gasteiger partial charge on any atom is -0.464 e. The normalized spacial score (nSPS) is 26.8. The molecular weight excluding hydrogens is 294 g/mol. The zero-order valence-electron chi connectivity index (χ0n) is 13.7. The van der Waals surface area contributed by atoms with E-state index >= 15 is 0 Å². The lowest BCUT2D eigenvalue weighted by Crippen LogP contribution is -2.44. The molecule has 2 aliphatic rings. The summed E-state index contributed by atoms with van der Waals surface area (Å²) in [5.41, 5.74) is 0. The van der Waals surface area contributed by atoms with E-state index in [-0.39, 0.29) is 12.0 Å². The summed E-state index contributed by atoms with van der Waals surface area (Å²) < 4.78 is 10.5. The quantitative estimate of drug-likeness (QED) is 0.591. The molecular formula is C17H25N3O3. The Hall–Kier alpha value is -1.69. The lowest BCUT2D eigenvalue weighted by Gasteiger charge is -2.33. The van der Waals surface area contributed by atoms with Crippen molar-refractivity contribution in [1.82, 2.24) is 9.97 Å². The highest BCUT2D eigenvalue weighted by atomic mass is 16.5. The van der Waals surface area contributed by atoms with Gasteiger partial charge in [0.2, 0.25) is 5.95 Å². The summed E-state index contributed by atoms with van der Waals surface area (Å²) in [4.78, 5) is 23.5. The number of carbonyl (C=O) groups excluding carboxylic acids is 1. The van der Waals surface area contributed by atoms with Gasteiger partial charge in [-0.25, -0.2) is 14.8 Å². The zero-order valence-corrected chi connectivity index (χ0v) is 13.7. The highest BCUT2D eigenvalue weighted by Gasteiger charge is 2.46. The van der Waals surface area contributed by atoms with Gasteiger partial charge in [0.05, 0.1) is 6.61 Å². The largest absolute Gasteiger partial charge is 0.464 e. The Labute approximate surface area is 137 Å². The van der Waals surface area contributed by atoms with E-state index in [1.165, 1.54) is 19.3 Å². The molecule has 1 aromatic rings. The maximum atomic E-state index is 12.6. The molecule has 0 N–H and O–H groups in total. The first kappa shape index (κ1) is 16.2. The maximum absolute atomic E-state index is 12.6. The summed E-state index contributed by atoms with van der Waals surface area (Å²) in [6.07, 6.45) is 9.80. The molecule has 1 aromatic heterocycles. The minimum atomic E-state index is -0.256. The van der Waals surface area contributed by atoms with Gasteiger partial charge in [0.25, 0.3) is 0 Å². The van der Waals surface area contributed by atoms with Gasteiger partial charge < -0.3 is 14.4 Å². The van der Waals surface area contributed by atoms with Crippen molar-refractivity contribution >= 4 is 11.9 Å². The molecule has 1 saturated carbocycles. The summed E-state index contributed by atoms with van der Waals surface area (Å²) in [5, 5.41) is 0. The van der Waals surface area contributed by atoms with Crippen LogP contribution < -0.4 is 4.90 Å². The number of fused-ring (bicyclic) bond motifs is 1. The van der Waals surface area contributed by atoms with E-state index in [0.717, 1.165) is 19.3 Å². The summed E-state index contributed by atoms with van der Waals surface area (Å²) >= 11 is 0. The zero-order chi connectivity index (χ0) is 16.1. The van der Waals surface area contributed by atoms with Crippen molar-refractivity contribution in [3.05, 3.63) is 18.5 Å². The molecule has 3 atom stereocenters. The number of nitrogens with zero attached hydrogens (tertiary/aromatic N) is 3. The fraction of sp³-hybridized carbons (Fsp3) is 0.706. The second kappa shape index (κ2) is 7.73. The molecule has 2 heterocycles. The number of hydrogen-bond acceptors (Lipinski definition) is 6. The molecule has 1 saturated heterocycles. The summed E-state index contributed by atoms with van der Waals surface area (Å²) in [7, 11) is 1.65. The number of esters is 1. The van der Waals surface area contributed by atoms with E-state index in [4.69, 9.17) is 9.47 Å². The Bertz CT molecular complexity index is 511. The Balaban J connectivity index is 1.72. The third-order valence-electron chi connectivity index (χ3n) is 4.88. The minimum absolute atomic E-state index is 0.150. The number of anilines is 1. The summed E-state index contributed by atoms with van der Waals surface area (Å²) in [5.74, 6) is 1.05. The molecule has 0 unspecified atom stereocenters. The van der Waals surface area contributed by atoms with Crippen molar-refractivity contribution < 1.29 is 14.3 Å². The van der Waals surface area contributed by atoms with Crippen molar-refractivity contribution in [2.75, 3.05) is 25.2 Å². The van der Waals surface area contributed by atoms with Crippen LogP contribution in [0.5, 0.6) is 0 Å². The molecule has 126 valence electrons. The van der Waals surface area contributed by atoms with E-state index in [1.54, 1.807) is 25.6 Å². The average Bonchev–Trinajstić information content (AvgIpc) is 2.99. The van der Waals surface area contributed by atoms with Crippen molar-refractivity contribution in [2.45, 2.75) is 50.6 Å². The topological polar surface area (TPSA) is 64.6 Å². The molecule has 0 aromatic carbocycles. The highest BCUT2D eigenvalue weighted by Crippen LogP contribution is 2.41. The average molecular weight is 319 g/mol. The first-order valence-corrected chi connectivity index (χ1v) is 8.52. The van der Waals surface area contributed by atoms with Gasteiger partial charge in [-0.15, -0.1) is 0 Å².